The largest absolute Gasteiger partial charge is 0.492 e. The Bertz CT molecular complexity index is 1450. The highest BCUT2D eigenvalue weighted by Crippen LogP contribution is 2.60. The van der Waals surface area contributed by atoms with E-state index in [1.165, 1.54) is 44.1 Å². The van der Waals surface area contributed by atoms with Gasteiger partial charge in [-0.25, -0.2) is 8.42 Å². The molecule has 0 aliphatic heterocycles. The zero-order valence-electron chi connectivity index (χ0n) is 23.3. The lowest BCUT2D eigenvalue weighted by atomic mass is 9.48. The minimum absolute atomic E-state index is 0.122. The maximum absolute atomic E-state index is 13.8. The van der Waals surface area contributed by atoms with Crippen molar-refractivity contribution in [3.63, 3.8) is 0 Å². The molecule has 4 fully saturated rings. The molecule has 7 rings (SSSR count). The lowest BCUT2D eigenvalue weighted by Gasteiger charge is -2.57. The van der Waals surface area contributed by atoms with Crippen molar-refractivity contribution in [3.05, 3.63) is 83.9 Å². The number of nitrogens with one attached hydrogen (secondary N) is 1. The molecule has 0 unspecified atom stereocenters. The maximum atomic E-state index is 13.8. The first-order valence-corrected chi connectivity index (χ1v) is 15.9. The first kappa shape index (κ1) is 26.9. The third kappa shape index (κ3) is 5.12. The molecule has 0 atom stereocenters. The number of sulfonamides is 1. The van der Waals surface area contributed by atoms with Crippen LogP contribution in [0.25, 0.3) is 0 Å². The summed E-state index contributed by atoms with van der Waals surface area (Å²) in [5, 5.41) is 2.94. The minimum Gasteiger partial charge on any atom is -0.492 e. The van der Waals surface area contributed by atoms with Crippen LogP contribution in [0.15, 0.2) is 77.7 Å². The van der Waals surface area contributed by atoms with Crippen LogP contribution >= 0.6 is 0 Å². The van der Waals surface area contributed by atoms with Gasteiger partial charge in [0.05, 0.1) is 17.2 Å². The average Bonchev–Trinajstić information content (AvgIpc) is 2.92. The second kappa shape index (κ2) is 10.6. The Hall–Kier alpha value is -3.32. The Morgan fingerprint density at radius 3 is 2.10 bits per heavy atom. The van der Waals surface area contributed by atoms with Crippen molar-refractivity contribution in [2.45, 2.75) is 62.7 Å². The molecule has 6 nitrogen and oxygen atoms in total. The topological polar surface area (TPSA) is 75.7 Å². The van der Waals surface area contributed by atoms with E-state index in [2.05, 4.69) is 17.4 Å². The monoisotopic (exact) mass is 558 g/mol. The standard InChI is InChI=1S/C33H38N2O4S/c1-3-39-31-7-5-4-6-30(31)35(40(37,38)29-14-8-23(2)9-15-29)22-32(36)34-28-12-10-27(11-13-28)33-19-24-16-25(20-33)18-26(17-24)21-33/h4-15,24-26H,3,16-22H2,1-2H3,(H,34,36). The van der Waals surface area contributed by atoms with Crippen molar-refractivity contribution in [1.29, 1.82) is 0 Å². The van der Waals surface area contributed by atoms with Crippen LogP contribution in [-0.2, 0) is 20.2 Å². The van der Waals surface area contributed by atoms with E-state index in [1.54, 1.807) is 48.5 Å². The molecule has 3 aromatic carbocycles. The lowest BCUT2D eigenvalue weighted by Crippen LogP contribution is -2.48. The van der Waals surface area contributed by atoms with E-state index in [9.17, 15) is 13.2 Å². The van der Waals surface area contributed by atoms with Gasteiger partial charge >= 0.3 is 0 Å². The normalized spacial score (nSPS) is 25.0. The molecule has 0 saturated heterocycles. The molecule has 1 N–H and O–H groups in total. The van der Waals surface area contributed by atoms with Crippen LogP contribution in [0.2, 0.25) is 0 Å². The number of nitrogens with zero attached hydrogens (tertiary/aromatic N) is 1. The number of rotatable bonds is 9. The first-order valence-electron chi connectivity index (χ1n) is 14.5. The predicted octanol–water partition coefficient (Wildman–Crippen LogP) is 6.70. The van der Waals surface area contributed by atoms with E-state index in [1.807, 2.05) is 26.0 Å². The number of amides is 1. The van der Waals surface area contributed by atoms with E-state index < -0.39 is 15.9 Å². The third-order valence-corrected chi connectivity index (χ3v) is 10.9. The molecule has 40 heavy (non-hydrogen) atoms. The fraction of sp³-hybridized carbons (Fsp3) is 0.424. The predicted molar refractivity (Wildman–Crippen MR) is 158 cm³/mol. The number of ether oxygens (including phenoxy) is 1. The van der Waals surface area contributed by atoms with E-state index >= 15 is 0 Å². The van der Waals surface area contributed by atoms with Gasteiger partial charge in [-0.15, -0.1) is 0 Å². The molecule has 0 spiro atoms. The van der Waals surface area contributed by atoms with E-state index in [0.717, 1.165) is 27.6 Å². The fourth-order valence-corrected chi connectivity index (χ4v) is 9.21. The van der Waals surface area contributed by atoms with Gasteiger partial charge in [0.15, 0.2) is 0 Å². The molecular weight excluding hydrogens is 520 g/mol. The summed E-state index contributed by atoms with van der Waals surface area (Å²) < 4.78 is 34.5. The average molecular weight is 559 g/mol. The van der Waals surface area contributed by atoms with Gasteiger partial charge in [0.1, 0.15) is 12.3 Å². The van der Waals surface area contributed by atoms with Crippen molar-refractivity contribution >= 4 is 27.3 Å². The van der Waals surface area contributed by atoms with E-state index in [-0.39, 0.29) is 11.4 Å². The highest BCUT2D eigenvalue weighted by atomic mass is 32.2. The van der Waals surface area contributed by atoms with Crippen molar-refractivity contribution < 1.29 is 17.9 Å². The van der Waals surface area contributed by atoms with Gasteiger partial charge in [-0.2, -0.15) is 0 Å². The molecule has 3 aromatic rings. The third-order valence-electron chi connectivity index (χ3n) is 9.15. The highest BCUT2D eigenvalue weighted by Gasteiger charge is 2.51. The molecule has 1 amide bonds. The number of hydrogen-bond acceptors (Lipinski definition) is 4. The second-order valence-electron chi connectivity index (χ2n) is 12.0. The molecule has 4 aliphatic carbocycles. The summed E-state index contributed by atoms with van der Waals surface area (Å²) in [6.45, 7) is 3.74. The van der Waals surface area contributed by atoms with Crippen LogP contribution in [-0.4, -0.2) is 27.5 Å². The van der Waals surface area contributed by atoms with Crippen LogP contribution in [0, 0.1) is 24.7 Å². The van der Waals surface area contributed by atoms with E-state index in [4.69, 9.17) is 4.74 Å². The van der Waals surface area contributed by atoms with Crippen molar-refractivity contribution in [2.75, 3.05) is 22.8 Å². The molecule has 0 aromatic heterocycles. The Labute approximate surface area is 237 Å². The Morgan fingerprint density at radius 2 is 1.50 bits per heavy atom. The number of para-hydroxylation sites is 2. The van der Waals surface area contributed by atoms with Crippen LogP contribution in [0.1, 0.15) is 56.6 Å². The molecule has 210 valence electrons. The summed E-state index contributed by atoms with van der Waals surface area (Å²) in [6, 6.07) is 21.9. The van der Waals surface area contributed by atoms with E-state index in [0.29, 0.717) is 29.1 Å². The lowest BCUT2D eigenvalue weighted by molar-refractivity contribution is -0.114. The van der Waals surface area contributed by atoms with Gasteiger partial charge < -0.3 is 10.1 Å². The molecule has 0 radical (unpaired) electrons. The fourth-order valence-electron chi connectivity index (χ4n) is 7.78. The van der Waals surface area contributed by atoms with Gasteiger partial charge in [0.2, 0.25) is 5.91 Å². The van der Waals surface area contributed by atoms with Crippen molar-refractivity contribution in [3.8, 4) is 5.75 Å². The summed E-state index contributed by atoms with van der Waals surface area (Å²) in [5.74, 6) is 2.60. The SMILES string of the molecule is CCOc1ccccc1N(CC(=O)Nc1ccc(C23CC4CC(CC(C4)C2)C3)cc1)S(=O)(=O)c1ccc(C)cc1. The zero-order chi connectivity index (χ0) is 27.9. The van der Waals surface area contributed by atoms with Gasteiger partial charge in [-0.05, 0) is 118 Å². The molecule has 4 aliphatic rings. The zero-order valence-corrected chi connectivity index (χ0v) is 24.1. The molecule has 0 heterocycles. The molecule has 4 saturated carbocycles. The van der Waals surface area contributed by atoms with Crippen LogP contribution in [0.3, 0.4) is 0 Å². The summed E-state index contributed by atoms with van der Waals surface area (Å²) in [4.78, 5) is 13.5. The first-order chi connectivity index (χ1) is 19.3. The summed E-state index contributed by atoms with van der Waals surface area (Å²) >= 11 is 0. The van der Waals surface area contributed by atoms with Gasteiger partial charge in [-0.3, -0.25) is 9.10 Å². The smallest absolute Gasteiger partial charge is 0.264 e. The van der Waals surface area contributed by atoms with Crippen LogP contribution in [0.5, 0.6) is 5.75 Å². The Balaban J connectivity index is 1.23. The summed E-state index contributed by atoms with van der Waals surface area (Å²) in [5.41, 5.74) is 3.63. The number of carbonyl (C=O) groups excluding carboxylic acids is 1. The number of hydrogen-bond donors (Lipinski definition) is 1. The quantitative estimate of drug-likeness (QED) is 0.317. The van der Waals surface area contributed by atoms with Gasteiger partial charge in [0, 0.05) is 5.69 Å². The Morgan fingerprint density at radius 1 is 0.900 bits per heavy atom. The molecule has 7 heteroatoms. The van der Waals surface area contributed by atoms with Crippen LogP contribution in [0.4, 0.5) is 11.4 Å². The minimum atomic E-state index is -4.04. The van der Waals surface area contributed by atoms with Crippen molar-refractivity contribution in [2.24, 2.45) is 17.8 Å². The number of anilines is 2. The maximum Gasteiger partial charge on any atom is 0.264 e. The Kier molecular flexibility index (Phi) is 7.11. The molecular formula is C33H38N2O4S. The second-order valence-corrected chi connectivity index (χ2v) is 13.9. The summed E-state index contributed by atoms with van der Waals surface area (Å²) in [6.07, 6.45) is 8.08. The van der Waals surface area contributed by atoms with Crippen LogP contribution < -0.4 is 14.4 Å². The van der Waals surface area contributed by atoms with Gasteiger partial charge in [-0.1, -0.05) is 42.0 Å². The number of carbonyl (C=O) groups is 1. The highest BCUT2D eigenvalue weighted by molar-refractivity contribution is 7.92. The molecule has 4 bridgehead atoms. The number of benzene rings is 3. The van der Waals surface area contributed by atoms with Gasteiger partial charge in [0.25, 0.3) is 10.0 Å². The number of aryl methyl sites for hydroxylation is 1. The van der Waals surface area contributed by atoms with Crippen molar-refractivity contribution in [1.82, 2.24) is 0 Å². The summed E-state index contributed by atoms with van der Waals surface area (Å²) in [7, 11) is -4.04.